The Balaban J connectivity index is 1.62. The Kier molecular flexibility index (Phi) is 5.78. The number of carbonyl (C=O) groups excluding carboxylic acids is 1. The lowest BCUT2D eigenvalue weighted by molar-refractivity contribution is -0.130. The van der Waals surface area contributed by atoms with Crippen LogP contribution in [-0.4, -0.2) is 22.4 Å². The second-order valence-corrected chi connectivity index (χ2v) is 8.20. The van der Waals surface area contributed by atoms with Crippen molar-refractivity contribution in [3.05, 3.63) is 95.5 Å². The van der Waals surface area contributed by atoms with Crippen molar-refractivity contribution in [1.29, 1.82) is 0 Å². The predicted octanol–water partition coefficient (Wildman–Crippen LogP) is 5.63. The third-order valence-electron chi connectivity index (χ3n) is 5.85. The number of carbonyl (C=O) groups is 1. The van der Waals surface area contributed by atoms with E-state index in [1.165, 1.54) is 29.2 Å². The zero-order valence-corrected chi connectivity index (χ0v) is 18.5. The second-order valence-electron chi connectivity index (χ2n) is 8.20. The van der Waals surface area contributed by atoms with E-state index in [1.54, 1.807) is 12.1 Å². The molecule has 6 nitrogen and oxygen atoms in total. The van der Waals surface area contributed by atoms with Crippen molar-refractivity contribution in [3.8, 4) is 22.7 Å². The van der Waals surface area contributed by atoms with Gasteiger partial charge in [0.2, 0.25) is 5.89 Å². The van der Waals surface area contributed by atoms with Gasteiger partial charge in [0.25, 0.3) is 5.91 Å². The van der Waals surface area contributed by atoms with Crippen LogP contribution in [-0.2, 0) is 9.53 Å². The lowest BCUT2D eigenvalue weighted by atomic mass is 10.0. The molecule has 9 heteroatoms. The molecule has 2 atom stereocenters. The highest BCUT2D eigenvalue weighted by molar-refractivity contribution is 5.80. The highest BCUT2D eigenvalue weighted by Gasteiger charge is 2.41. The molecular weight excluding hydrogens is 459 g/mol. The van der Waals surface area contributed by atoms with Crippen molar-refractivity contribution in [2.24, 2.45) is 0 Å². The lowest BCUT2D eigenvalue weighted by Crippen LogP contribution is -2.31. The van der Waals surface area contributed by atoms with Crippen LogP contribution in [0.5, 0.6) is 0 Å². The molecule has 0 bridgehead atoms. The number of nitrogen functional groups attached to an aromatic ring is 1. The zero-order valence-electron chi connectivity index (χ0n) is 18.5. The molecule has 2 N–H and O–H groups in total. The Hall–Kier alpha value is -4.11. The minimum absolute atomic E-state index is 0.0687. The number of halogens is 3. The molecule has 0 aliphatic carbocycles. The van der Waals surface area contributed by atoms with Gasteiger partial charge in [-0.15, -0.1) is 0 Å². The monoisotopic (exact) mass is 479 g/mol. The number of nitrogens with two attached hydrogens (primary N) is 1. The van der Waals surface area contributed by atoms with Crippen molar-refractivity contribution in [2.75, 3.05) is 12.3 Å². The summed E-state index contributed by atoms with van der Waals surface area (Å²) in [4.78, 5) is 18.8. The predicted molar refractivity (Wildman–Crippen MR) is 122 cm³/mol. The molecule has 35 heavy (non-hydrogen) atoms. The van der Waals surface area contributed by atoms with Crippen LogP contribution in [0.3, 0.4) is 0 Å². The number of rotatable bonds is 5. The summed E-state index contributed by atoms with van der Waals surface area (Å²) >= 11 is 0. The molecular formula is C26H20F3N3O3. The maximum atomic E-state index is 13.9. The first kappa shape index (κ1) is 22.7. The summed E-state index contributed by atoms with van der Waals surface area (Å²) in [6, 6.07) is 15.1. The second kappa shape index (κ2) is 8.92. The smallest absolute Gasteiger partial charge is 0.251 e. The topological polar surface area (TPSA) is 81.6 Å². The van der Waals surface area contributed by atoms with Crippen LogP contribution >= 0.6 is 0 Å². The van der Waals surface area contributed by atoms with Crippen LogP contribution in [0.1, 0.15) is 30.5 Å². The summed E-state index contributed by atoms with van der Waals surface area (Å²) in [5.41, 5.74) is 8.01. The van der Waals surface area contributed by atoms with Gasteiger partial charge in [0.05, 0.1) is 6.04 Å². The number of benzene rings is 3. The van der Waals surface area contributed by atoms with E-state index in [9.17, 15) is 18.0 Å². The quantitative estimate of drug-likeness (QED) is 0.376. The summed E-state index contributed by atoms with van der Waals surface area (Å²) in [5.74, 6) is -2.23. The van der Waals surface area contributed by atoms with Crippen LogP contribution in [0.4, 0.5) is 18.9 Å². The summed E-state index contributed by atoms with van der Waals surface area (Å²) in [5, 5.41) is 0. The summed E-state index contributed by atoms with van der Waals surface area (Å²) in [6.07, 6.45) is -0.977. The fourth-order valence-corrected chi connectivity index (χ4v) is 4.11. The molecule has 0 radical (unpaired) electrons. The Morgan fingerprint density at radius 2 is 1.60 bits per heavy atom. The van der Waals surface area contributed by atoms with Crippen LogP contribution in [0.15, 0.2) is 71.1 Å². The lowest BCUT2D eigenvalue weighted by Gasteiger charge is -2.29. The number of anilines is 1. The molecule has 1 aliphatic heterocycles. The van der Waals surface area contributed by atoms with Gasteiger partial charge in [-0.25, -0.2) is 18.2 Å². The van der Waals surface area contributed by atoms with E-state index in [2.05, 4.69) is 4.98 Å². The molecule has 2 heterocycles. The number of aromatic nitrogens is 1. The average Bonchev–Trinajstić information content (AvgIpc) is 3.43. The number of oxazole rings is 1. The maximum Gasteiger partial charge on any atom is 0.251 e. The molecule has 4 aromatic rings. The number of hydrogen-bond donors (Lipinski definition) is 1. The van der Waals surface area contributed by atoms with Crippen LogP contribution in [0, 0.1) is 17.5 Å². The van der Waals surface area contributed by atoms with Gasteiger partial charge in [0.1, 0.15) is 29.8 Å². The normalized spacial score (nSPS) is 16.6. The van der Waals surface area contributed by atoms with Gasteiger partial charge in [0.15, 0.2) is 12.0 Å². The highest BCUT2D eigenvalue weighted by Crippen LogP contribution is 2.41. The van der Waals surface area contributed by atoms with E-state index in [-0.39, 0.29) is 35.4 Å². The average molecular weight is 479 g/mol. The molecule has 3 aromatic carbocycles. The fraction of sp³-hybridized carbons (Fsp3) is 0.154. The third-order valence-corrected chi connectivity index (χ3v) is 5.85. The van der Waals surface area contributed by atoms with Gasteiger partial charge in [-0.1, -0.05) is 12.1 Å². The molecule has 1 saturated heterocycles. The molecule has 1 aromatic heterocycles. The maximum absolute atomic E-state index is 13.9. The molecule has 1 amide bonds. The molecule has 0 saturated carbocycles. The Labute approximate surface area is 198 Å². The van der Waals surface area contributed by atoms with Crippen molar-refractivity contribution in [2.45, 2.75) is 19.2 Å². The van der Waals surface area contributed by atoms with E-state index in [4.69, 9.17) is 14.9 Å². The molecule has 2 unspecified atom stereocenters. The molecule has 1 aliphatic rings. The van der Waals surface area contributed by atoms with Gasteiger partial charge in [-0.05, 0) is 61.0 Å². The largest absolute Gasteiger partial charge is 0.436 e. The Bertz CT molecular complexity index is 1370. The Morgan fingerprint density at radius 3 is 2.26 bits per heavy atom. The summed E-state index contributed by atoms with van der Waals surface area (Å²) < 4.78 is 53.2. The van der Waals surface area contributed by atoms with Crippen molar-refractivity contribution in [1.82, 2.24) is 9.88 Å². The molecule has 5 rings (SSSR count). The SMILES string of the molecule is CC(c1ccc(N)cc1)N1C(=O)COC1c1oc(-c2cc(F)cc(F)c2)nc1-c1ccc(F)cc1. The van der Waals surface area contributed by atoms with Crippen LogP contribution in [0.25, 0.3) is 22.7 Å². The number of ether oxygens (including phenoxy) is 1. The van der Waals surface area contributed by atoms with E-state index < -0.39 is 29.7 Å². The van der Waals surface area contributed by atoms with E-state index >= 15 is 0 Å². The van der Waals surface area contributed by atoms with Crippen molar-refractivity contribution >= 4 is 11.6 Å². The summed E-state index contributed by atoms with van der Waals surface area (Å²) in [6.45, 7) is 1.64. The van der Waals surface area contributed by atoms with Gasteiger partial charge in [0, 0.05) is 22.9 Å². The number of amides is 1. The van der Waals surface area contributed by atoms with E-state index in [1.807, 2.05) is 19.1 Å². The first-order chi connectivity index (χ1) is 16.8. The van der Waals surface area contributed by atoms with Crippen molar-refractivity contribution in [3.63, 3.8) is 0 Å². The highest BCUT2D eigenvalue weighted by atomic mass is 19.1. The van der Waals surface area contributed by atoms with Crippen molar-refractivity contribution < 1.29 is 27.1 Å². The first-order valence-corrected chi connectivity index (χ1v) is 10.8. The Morgan fingerprint density at radius 1 is 0.943 bits per heavy atom. The van der Waals surface area contributed by atoms with E-state index in [0.29, 0.717) is 11.3 Å². The summed E-state index contributed by atoms with van der Waals surface area (Å²) in [7, 11) is 0. The van der Waals surface area contributed by atoms with E-state index in [0.717, 1.165) is 23.8 Å². The van der Waals surface area contributed by atoms with Crippen LogP contribution in [0.2, 0.25) is 0 Å². The first-order valence-electron chi connectivity index (χ1n) is 10.8. The van der Waals surface area contributed by atoms with Gasteiger partial charge < -0.3 is 19.8 Å². The zero-order chi connectivity index (χ0) is 24.7. The molecule has 0 spiro atoms. The molecule has 178 valence electrons. The van der Waals surface area contributed by atoms with Gasteiger partial charge >= 0.3 is 0 Å². The van der Waals surface area contributed by atoms with Gasteiger partial charge in [-0.3, -0.25) is 4.79 Å². The number of nitrogens with zero attached hydrogens (tertiary/aromatic N) is 2. The number of hydrogen-bond acceptors (Lipinski definition) is 5. The minimum atomic E-state index is -0.977. The van der Waals surface area contributed by atoms with Crippen LogP contribution < -0.4 is 5.73 Å². The minimum Gasteiger partial charge on any atom is -0.436 e. The molecule has 1 fully saturated rings. The third kappa shape index (κ3) is 4.38. The fourth-order valence-electron chi connectivity index (χ4n) is 4.11. The van der Waals surface area contributed by atoms with Gasteiger partial charge in [-0.2, -0.15) is 0 Å². The standard InChI is InChI=1S/C26H20F3N3O3/c1-14(15-4-8-21(30)9-5-15)32-22(33)13-34-26(32)24-23(16-2-6-18(27)7-3-16)31-25(35-24)17-10-19(28)12-20(29)11-17/h2-12,14,26H,13,30H2,1H3.